The van der Waals surface area contributed by atoms with E-state index in [2.05, 4.69) is 35.7 Å². The number of carboxylic acid groups (broad SMARTS) is 1. The number of carbonyl (C=O) groups is 2. The Labute approximate surface area is 221 Å². The molecule has 1 saturated heterocycles. The summed E-state index contributed by atoms with van der Waals surface area (Å²) in [6, 6.07) is 5.13. The van der Waals surface area contributed by atoms with E-state index < -0.39 is 17.9 Å². The molecule has 0 saturated carbocycles. The summed E-state index contributed by atoms with van der Waals surface area (Å²) in [4.78, 5) is 41.5. The smallest absolute Gasteiger partial charge is 0.450 e. The maximum Gasteiger partial charge on any atom is 0.507 e. The van der Waals surface area contributed by atoms with Gasteiger partial charge in [0.15, 0.2) is 5.72 Å². The molecule has 0 radical (unpaired) electrons. The molecule has 1 aromatic carbocycles. The van der Waals surface area contributed by atoms with Crippen LogP contribution in [0.2, 0.25) is 0 Å². The highest BCUT2D eigenvalue weighted by Crippen LogP contribution is 2.54. The van der Waals surface area contributed by atoms with E-state index in [0.717, 1.165) is 11.1 Å². The number of benzene rings is 1. The first-order chi connectivity index (χ1) is 17.4. The first-order valence-corrected chi connectivity index (χ1v) is 13.3. The van der Waals surface area contributed by atoms with E-state index in [0.29, 0.717) is 22.7 Å². The van der Waals surface area contributed by atoms with E-state index in [-0.39, 0.29) is 29.6 Å². The molecule has 3 heterocycles. The van der Waals surface area contributed by atoms with Gasteiger partial charge in [-0.05, 0) is 41.5 Å². The van der Waals surface area contributed by atoms with Crippen LogP contribution >= 0.6 is 11.3 Å². The van der Waals surface area contributed by atoms with Gasteiger partial charge in [0.2, 0.25) is 0 Å². The topological polar surface area (TPSA) is 106 Å². The predicted molar refractivity (Wildman–Crippen MR) is 142 cm³/mol. The molecule has 0 bridgehead atoms. The first-order valence-electron chi connectivity index (χ1n) is 12.4. The van der Waals surface area contributed by atoms with Crippen molar-refractivity contribution in [1.29, 1.82) is 0 Å². The van der Waals surface area contributed by atoms with Gasteiger partial charge in [-0.1, -0.05) is 40.7 Å². The zero-order valence-corrected chi connectivity index (χ0v) is 23.0. The summed E-state index contributed by atoms with van der Waals surface area (Å²) in [5.74, 6) is -0.592. The van der Waals surface area contributed by atoms with Gasteiger partial charge in [0, 0.05) is 54.5 Å². The lowest BCUT2D eigenvalue weighted by Gasteiger charge is -2.40. The summed E-state index contributed by atoms with van der Waals surface area (Å²) in [6.45, 7) is 12.4. The number of aryl methyl sites for hydroxylation is 1. The molecule has 8 nitrogen and oxygen atoms in total. The summed E-state index contributed by atoms with van der Waals surface area (Å²) in [7, 11) is 0. The van der Waals surface area contributed by atoms with Gasteiger partial charge < -0.3 is 9.84 Å². The fourth-order valence-electron chi connectivity index (χ4n) is 5.62. The van der Waals surface area contributed by atoms with Crippen molar-refractivity contribution in [3.8, 4) is 0 Å². The van der Waals surface area contributed by atoms with Gasteiger partial charge in [0.05, 0.1) is 11.7 Å². The zero-order chi connectivity index (χ0) is 27.0. The van der Waals surface area contributed by atoms with Crippen molar-refractivity contribution in [3.05, 3.63) is 75.8 Å². The van der Waals surface area contributed by atoms with Gasteiger partial charge in [0.25, 0.3) is 5.91 Å². The molecule has 196 valence electrons. The van der Waals surface area contributed by atoms with Gasteiger partial charge in [-0.2, -0.15) is 0 Å². The maximum absolute atomic E-state index is 14.4. The van der Waals surface area contributed by atoms with Crippen LogP contribution in [0.4, 0.5) is 4.79 Å². The number of carbonyl (C=O) groups excluding carboxylic acids is 1. The number of thiazole rings is 1. The quantitative estimate of drug-likeness (QED) is 0.376. The molecule has 37 heavy (non-hydrogen) atoms. The number of hydrogen-bond acceptors (Lipinski definition) is 7. The third-order valence-corrected chi connectivity index (χ3v) is 7.66. The van der Waals surface area contributed by atoms with Crippen LogP contribution in [0.1, 0.15) is 91.6 Å². The number of likely N-dealkylation sites (tertiary alicyclic amines) is 1. The number of nitrogens with zero attached hydrogens (tertiary/aromatic N) is 4. The number of hydrogen-bond donors (Lipinski definition) is 1. The molecule has 9 heteroatoms. The van der Waals surface area contributed by atoms with Gasteiger partial charge >= 0.3 is 6.16 Å². The molecular formula is C28H34N4O4S. The van der Waals surface area contributed by atoms with E-state index in [1.807, 2.05) is 44.4 Å². The van der Waals surface area contributed by atoms with Crippen LogP contribution < -0.4 is 0 Å². The third-order valence-electron chi connectivity index (χ3n) is 6.81. The Kier molecular flexibility index (Phi) is 7.37. The molecule has 1 aliphatic heterocycles. The summed E-state index contributed by atoms with van der Waals surface area (Å²) in [6.07, 6.45) is 5.73. The lowest BCUT2D eigenvalue weighted by Crippen LogP contribution is -2.52. The molecule has 1 amide bonds. The maximum atomic E-state index is 14.4. The van der Waals surface area contributed by atoms with Crippen molar-refractivity contribution in [2.45, 2.75) is 77.5 Å². The average molecular weight is 523 g/mol. The monoisotopic (exact) mass is 522 g/mol. The van der Waals surface area contributed by atoms with Gasteiger partial charge in [0.1, 0.15) is 5.01 Å². The standard InChI is InChI=1S/C28H34N4O4S/c1-17(2)14-28(36-26(34)35)15-20(22-16-29-9-10-30-22)23(24-31-11-12-37-24)32(28)25(33)19-7-8-21(18(3)13-19)27(4,5)6/h7-13,16-17,20,23H,14-15H2,1-6H3,(H,34,35)/t20-,23-,28+/m1/s1. The lowest BCUT2D eigenvalue weighted by molar-refractivity contribution is -0.108. The average Bonchev–Trinajstić information content (AvgIpc) is 3.44. The summed E-state index contributed by atoms with van der Waals surface area (Å²) < 4.78 is 5.70. The molecule has 4 rings (SSSR count). The van der Waals surface area contributed by atoms with E-state index >= 15 is 0 Å². The molecule has 0 spiro atoms. The summed E-state index contributed by atoms with van der Waals surface area (Å²) in [5.41, 5.74) is 1.82. The van der Waals surface area contributed by atoms with Gasteiger partial charge in [-0.15, -0.1) is 11.3 Å². The van der Waals surface area contributed by atoms with Crippen LogP contribution in [-0.2, 0) is 10.2 Å². The second kappa shape index (κ2) is 10.2. The largest absolute Gasteiger partial charge is 0.507 e. The van der Waals surface area contributed by atoms with Gasteiger partial charge in [-0.3, -0.25) is 19.7 Å². The minimum atomic E-state index is -1.42. The second-order valence-electron chi connectivity index (χ2n) is 11.1. The van der Waals surface area contributed by atoms with E-state index in [4.69, 9.17) is 4.74 Å². The SMILES string of the molecule is Cc1cc(C(=O)N2[C@@H](c3nccs3)[C@@H](c3cnccn3)C[C@]2(CC(C)C)OC(=O)O)ccc1C(C)(C)C. The van der Waals surface area contributed by atoms with Crippen molar-refractivity contribution in [2.24, 2.45) is 5.92 Å². The Morgan fingerprint density at radius 3 is 2.51 bits per heavy atom. The number of amides is 1. The second-order valence-corrected chi connectivity index (χ2v) is 12.0. The van der Waals surface area contributed by atoms with Crippen molar-refractivity contribution < 1.29 is 19.4 Å². The molecule has 1 N–H and O–H groups in total. The lowest BCUT2D eigenvalue weighted by atomic mass is 9.83. The third kappa shape index (κ3) is 5.37. The Bertz CT molecular complexity index is 1260. The summed E-state index contributed by atoms with van der Waals surface area (Å²) in [5, 5.41) is 12.4. The van der Waals surface area contributed by atoms with Crippen LogP contribution in [0.25, 0.3) is 0 Å². The fourth-order valence-corrected chi connectivity index (χ4v) is 6.41. The highest BCUT2D eigenvalue weighted by Gasteiger charge is 2.59. The van der Waals surface area contributed by atoms with Crippen LogP contribution in [0.3, 0.4) is 0 Å². The molecule has 0 unspecified atom stereocenters. The minimum Gasteiger partial charge on any atom is -0.450 e. The highest BCUT2D eigenvalue weighted by atomic mass is 32.1. The Morgan fingerprint density at radius 2 is 1.97 bits per heavy atom. The molecule has 3 atom stereocenters. The van der Waals surface area contributed by atoms with Crippen molar-refractivity contribution in [2.75, 3.05) is 0 Å². The molecule has 3 aromatic rings. The highest BCUT2D eigenvalue weighted by molar-refractivity contribution is 7.09. The fraction of sp³-hybridized carbons (Fsp3) is 0.464. The number of rotatable bonds is 6. The van der Waals surface area contributed by atoms with E-state index in [9.17, 15) is 14.7 Å². The molecular weight excluding hydrogens is 488 g/mol. The van der Waals surface area contributed by atoms with Crippen LogP contribution in [0.15, 0.2) is 48.4 Å². The normalized spacial score (nSPS) is 21.9. The molecule has 1 fully saturated rings. The molecule has 0 aliphatic carbocycles. The molecule has 2 aromatic heterocycles. The van der Waals surface area contributed by atoms with Crippen LogP contribution in [0.5, 0.6) is 0 Å². The van der Waals surface area contributed by atoms with Crippen molar-refractivity contribution in [3.63, 3.8) is 0 Å². The number of aromatic nitrogens is 3. The zero-order valence-electron chi connectivity index (χ0n) is 22.1. The Morgan fingerprint density at radius 1 is 1.22 bits per heavy atom. The summed E-state index contributed by atoms with van der Waals surface area (Å²) >= 11 is 1.43. The number of ether oxygens (including phenoxy) is 1. The van der Waals surface area contributed by atoms with E-state index in [1.54, 1.807) is 29.7 Å². The van der Waals surface area contributed by atoms with Crippen LogP contribution in [0, 0.1) is 12.8 Å². The van der Waals surface area contributed by atoms with Gasteiger partial charge in [-0.25, -0.2) is 9.78 Å². The predicted octanol–water partition coefficient (Wildman–Crippen LogP) is 6.35. The minimum absolute atomic E-state index is 0.0530. The van der Waals surface area contributed by atoms with E-state index in [1.165, 1.54) is 11.3 Å². The van der Waals surface area contributed by atoms with Crippen LogP contribution in [-0.4, -0.2) is 42.7 Å². The van der Waals surface area contributed by atoms with Crippen molar-refractivity contribution >= 4 is 23.4 Å². The molecule has 1 aliphatic rings. The van der Waals surface area contributed by atoms with Crippen molar-refractivity contribution in [1.82, 2.24) is 19.9 Å². The Hall–Kier alpha value is -3.33. The first kappa shape index (κ1) is 26.7. The Balaban J connectivity index is 1.92.